The lowest BCUT2D eigenvalue weighted by atomic mass is 9.81. The zero-order valence-electron chi connectivity index (χ0n) is 16.1. The van der Waals surface area contributed by atoms with Crippen LogP contribution in [0.25, 0.3) is 22.4 Å². The van der Waals surface area contributed by atoms with Crippen LogP contribution in [0.5, 0.6) is 0 Å². The van der Waals surface area contributed by atoms with Gasteiger partial charge in [0.05, 0.1) is 5.60 Å². The fourth-order valence-electron chi connectivity index (χ4n) is 4.02. The average Bonchev–Trinajstić information content (AvgIpc) is 3.08. The Kier molecular flexibility index (Phi) is 4.76. The predicted molar refractivity (Wildman–Crippen MR) is 106 cm³/mol. The summed E-state index contributed by atoms with van der Waals surface area (Å²) in [6, 6.07) is 6.35. The molecule has 28 heavy (non-hydrogen) atoms. The molecule has 0 unspecified atom stereocenters. The Morgan fingerprint density at radius 1 is 1.36 bits per heavy atom. The van der Waals surface area contributed by atoms with E-state index in [4.69, 9.17) is 5.73 Å². The summed E-state index contributed by atoms with van der Waals surface area (Å²) in [4.78, 5) is 10.7. The van der Waals surface area contributed by atoms with Crippen molar-refractivity contribution in [3.05, 3.63) is 36.3 Å². The van der Waals surface area contributed by atoms with Crippen molar-refractivity contribution in [2.24, 2.45) is 11.7 Å². The van der Waals surface area contributed by atoms with Gasteiger partial charge in [0.1, 0.15) is 17.2 Å². The summed E-state index contributed by atoms with van der Waals surface area (Å²) in [7, 11) is 0. The molecule has 148 valence electrons. The van der Waals surface area contributed by atoms with Crippen molar-refractivity contribution >= 4 is 16.9 Å². The molecule has 0 spiro atoms. The number of aromatic amines is 1. The molecule has 7 nitrogen and oxygen atoms in total. The van der Waals surface area contributed by atoms with Crippen molar-refractivity contribution in [1.82, 2.24) is 20.2 Å². The molecule has 1 aliphatic heterocycles. The summed E-state index contributed by atoms with van der Waals surface area (Å²) >= 11 is 0. The van der Waals surface area contributed by atoms with Gasteiger partial charge in [-0.1, -0.05) is 13.8 Å². The zero-order chi connectivity index (χ0) is 19.9. The van der Waals surface area contributed by atoms with Gasteiger partial charge in [0, 0.05) is 30.7 Å². The second-order valence-corrected chi connectivity index (χ2v) is 7.99. The van der Waals surface area contributed by atoms with Gasteiger partial charge >= 0.3 is 0 Å². The highest BCUT2D eigenvalue weighted by Gasteiger charge is 2.40. The Bertz CT molecular complexity index is 990. The van der Waals surface area contributed by atoms with E-state index in [0.29, 0.717) is 54.4 Å². The lowest BCUT2D eigenvalue weighted by Crippen LogP contribution is -2.61. The van der Waals surface area contributed by atoms with Crippen LogP contribution in [0.15, 0.2) is 30.5 Å². The fraction of sp³-hybridized carbons (Fsp3) is 0.450. The summed E-state index contributed by atoms with van der Waals surface area (Å²) in [5.74, 6) is 0.466. The molecule has 4 heterocycles. The van der Waals surface area contributed by atoms with E-state index in [-0.39, 0.29) is 11.7 Å². The number of β-amino-alcohol motifs (C(OH)–C–C–N with tert-alkyl or cyclic N) is 1. The number of nitrogens with one attached hydrogen (secondary N) is 1. The van der Waals surface area contributed by atoms with Crippen LogP contribution in [0.1, 0.15) is 26.7 Å². The normalized spacial score (nSPS) is 22.9. The molecule has 0 radical (unpaired) electrons. The van der Waals surface area contributed by atoms with Crippen LogP contribution in [0, 0.1) is 11.7 Å². The Morgan fingerprint density at radius 3 is 2.96 bits per heavy atom. The van der Waals surface area contributed by atoms with Crippen LogP contribution in [0.4, 0.5) is 10.2 Å². The van der Waals surface area contributed by atoms with E-state index in [1.54, 1.807) is 18.3 Å². The predicted octanol–water partition coefficient (Wildman–Crippen LogP) is 2.47. The van der Waals surface area contributed by atoms with Crippen molar-refractivity contribution in [2.45, 2.75) is 38.3 Å². The number of pyridine rings is 2. The Labute approximate surface area is 162 Å². The van der Waals surface area contributed by atoms with Crippen molar-refractivity contribution in [2.75, 3.05) is 18.0 Å². The van der Waals surface area contributed by atoms with Crippen LogP contribution in [0.3, 0.4) is 0 Å². The third-order valence-corrected chi connectivity index (χ3v) is 5.34. The lowest BCUT2D eigenvalue weighted by molar-refractivity contribution is -0.0108. The number of piperidine rings is 1. The van der Waals surface area contributed by atoms with Crippen molar-refractivity contribution in [3.8, 4) is 11.4 Å². The standard InChI is InChI=1S/C20H25FN6O/c1-12(2)10-20(28)11-27(9-7-15(20)22)16-6-5-14(21)18(24-16)17-13-4-3-8-23-19(13)26-25-17/h3-6,8,12,15,28H,7,9-11,22H2,1-2H3,(H,23,25,26)/t15-,20+/m1/s1. The van der Waals surface area contributed by atoms with E-state index < -0.39 is 11.4 Å². The molecule has 0 aliphatic carbocycles. The average molecular weight is 384 g/mol. The SMILES string of the molecule is CC(C)C[C@]1(O)CN(c2ccc(F)c(-c3n[nH]c4ncccc34)n2)CC[C@H]1N. The molecule has 3 aromatic heterocycles. The van der Waals surface area contributed by atoms with Crippen molar-refractivity contribution in [3.63, 3.8) is 0 Å². The van der Waals surface area contributed by atoms with E-state index in [1.165, 1.54) is 6.07 Å². The Balaban J connectivity index is 1.69. The highest BCUT2D eigenvalue weighted by atomic mass is 19.1. The first-order valence-corrected chi connectivity index (χ1v) is 9.56. The number of nitrogens with two attached hydrogens (primary N) is 1. The van der Waals surface area contributed by atoms with Gasteiger partial charge in [0.15, 0.2) is 11.5 Å². The largest absolute Gasteiger partial charge is 0.386 e. The number of H-pyrrole nitrogens is 1. The van der Waals surface area contributed by atoms with Crippen LogP contribution < -0.4 is 10.6 Å². The first-order chi connectivity index (χ1) is 13.4. The molecule has 1 aliphatic rings. The number of fused-ring (bicyclic) bond motifs is 1. The molecule has 2 atom stereocenters. The minimum absolute atomic E-state index is 0.166. The van der Waals surface area contributed by atoms with Gasteiger partial charge < -0.3 is 15.7 Å². The third-order valence-electron chi connectivity index (χ3n) is 5.34. The molecule has 4 rings (SSSR count). The number of anilines is 1. The quantitative estimate of drug-likeness (QED) is 0.638. The van der Waals surface area contributed by atoms with Crippen molar-refractivity contribution in [1.29, 1.82) is 0 Å². The summed E-state index contributed by atoms with van der Waals surface area (Å²) in [6.45, 7) is 5.15. The maximum Gasteiger partial charge on any atom is 0.155 e. The molecular weight excluding hydrogens is 359 g/mol. The highest BCUT2D eigenvalue weighted by molar-refractivity contribution is 5.89. The molecule has 0 amide bonds. The second-order valence-electron chi connectivity index (χ2n) is 7.99. The molecule has 0 saturated carbocycles. The zero-order valence-corrected chi connectivity index (χ0v) is 16.1. The minimum Gasteiger partial charge on any atom is -0.386 e. The maximum absolute atomic E-state index is 14.6. The number of hydrogen-bond donors (Lipinski definition) is 3. The summed E-state index contributed by atoms with van der Waals surface area (Å²) in [5, 5.41) is 18.8. The van der Waals surface area contributed by atoms with Gasteiger partial charge in [-0.2, -0.15) is 5.10 Å². The molecule has 0 aromatic carbocycles. The topological polar surface area (TPSA) is 104 Å². The number of nitrogens with zero attached hydrogens (tertiary/aromatic N) is 4. The summed E-state index contributed by atoms with van der Waals surface area (Å²) < 4.78 is 14.6. The molecule has 0 bridgehead atoms. The fourth-order valence-corrected chi connectivity index (χ4v) is 4.02. The maximum atomic E-state index is 14.6. The van der Waals surface area contributed by atoms with E-state index in [0.717, 1.165) is 0 Å². The van der Waals surface area contributed by atoms with Crippen LogP contribution in [0.2, 0.25) is 0 Å². The Hall–Kier alpha value is -2.58. The molecular formula is C20H25FN6O. The minimum atomic E-state index is -0.994. The van der Waals surface area contributed by atoms with Gasteiger partial charge in [-0.05, 0) is 43.0 Å². The molecule has 4 N–H and O–H groups in total. The monoisotopic (exact) mass is 384 g/mol. The summed E-state index contributed by atoms with van der Waals surface area (Å²) in [6.07, 6.45) is 2.90. The second kappa shape index (κ2) is 7.10. The summed E-state index contributed by atoms with van der Waals surface area (Å²) in [5.41, 5.74) is 6.40. The molecule has 1 saturated heterocycles. The smallest absolute Gasteiger partial charge is 0.155 e. The van der Waals surface area contributed by atoms with E-state index in [1.807, 2.05) is 11.0 Å². The van der Waals surface area contributed by atoms with Gasteiger partial charge in [0.25, 0.3) is 0 Å². The van der Waals surface area contributed by atoms with E-state index in [2.05, 4.69) is 34.0 Å². The molecule has 8 heteroatoms. The first-order valence-electron chi connectivity index (χ1n) is 9.56. The van der Waals surface area contributed by atoms with E-state index in [9.17, 15) is 9.50 Å². The van der Waals surface area contributed by atoms with Gasteiger partial charge in [0.2, 0.25) is 0 Å². The van der Waals surface area contributed by atoms with Gasteiger partial charge in [-0.15, -0.1) is 0 Å². The Morgan fingerprint density at radius 2 is 2.18 bits per heavy atom. The van der Waals surface area contributed by atoms with Crippen molar-refractivity contribution < 1.29 is 9.50 Å². The highest BCUT2D eigenvalue weighted by Crippen LogP contribution is 2.32. The van der Waals surface area contributed by atoms with Gasteiger partial charge in [-0.3, -0.25) is 5.10 Å². The number of aliphatic hydroxyl groups is 1. The molecule has 3 aromatic rings. The number of rotatable bonds is 4. The van der Waals surface area contributed by atoms with Crippen LogP contribution >= 0.6 is 0 Å². The third kappa shape index (κ3) is 3.33. The van der Waals surface area contributed by atoms with Crippen LogP contribution in [-0.4, -0.2) is 50.0 Å². The number of halogens is 1. The first kappa shape index (κ1) is 18.8. The van der Waals surface area contributed by atoms with E-state index >= 15 is 0 Å². The number of aromatic nitrogens is 4. The van der Waals surface area contributed by atoms with Gasteiger partial charge in [-0.25, -0.2) is 14.4 Å². The lowest BCUT2D eigenvalue weighted by Gasteiger charge is -2.44. The van der Waals surface area contributed by atoms with Crippen LogP contribution in [-0.2, 0) is 0 Å². The number of hydrogen-bond acceptors (Lipinski definition) is 6. The molecule has 1 fully saturated rings.